The Morgan fingerprint density at radius 3 is 2.71 bits per heavy atom. The van der Waals surface area contributed by atoms with E-state index in [2.05, 4.69) is 6.92 Å². The molecule has 3 N–H and O–H groups in total. The van der Waals surface area contributed by atoms with Gasteiger partial charge in [-0.3, -0.25) is 9.59 Å². The van der Waals surface area contributed by atoms with E-state index in [1.807, 2.05) is 6.92 Å². The van der Waals surface area contributed by atoms with Crippen LogP contribution in [-0.2, 0) is 14.3 Å². The molecule has 1 amide bonds. The molecule has 4 atom stereocenters. The second-order valence-corrected chi connectivity index (χ2v) is 6.50. The molecule has 0 aromatic heterocycles. The fraction of sp³-hybridized carbons (Fsp3) is 0.867. The third kappa shape index (κ3) is 3.21. The molecule has 4 unspecified atom stereocenters. The molecule has 1 saturated heterocycles. The maximum Gasteiger partial charge on any atom is 0.311 e. The Bertz CT molecular complexity index is 414. The summed E-state index contributed by atoms with van der Waals surface area (Å²) in [5.41, 5.74) is 5.53. The highest BCUT2D eigenvalue weighted by Crippen LogP contribution is 2.33. The number of carbonyl (C=O) groups is 2. The second kappa shape index (κ2) is 6.32. The molecule has 6 heteroatoms. The lowest BCUT2D eigenvalue weighted by Crippen LogP contribution is -2.60. The molecule has 21 heavy (non-hydrogen) atoms. The minimum Gasteiger partial charge on any atom is -0.481 e. The Balaban J connectivity index is 2.16. The lowest BCUT2D eigenvalue weighted by atomic mass is 9.76. The third-order valence-electron chi connectivity index (χ3n) is 4.83. The van der Waals surface area contributed by atoms with Gasteiger partial charge in [-0.15, -0.1) is 0 Å². The first kappa shape index (κ1) is 16.2. The van der Waals surface area contributed by atoms with E-state index >= 15 is 0 Å². The number of nitrogens with two attached hydrogens (primary N) is 1. The number of rotatable bonds is 4. The highest BCUT2D eigenvalue weighted by atomic mass is 16.5. The van der Waals surface area contributed by atoms with Crippen LogP contribution in [0.5, 0.6) is 0 Å². The van der Waals surface area contributed by atoms with Gasteiger partial charge in [0.1, 0.15) is 5.92 Å². The van der Waals surface area contributed by atoms with Crippen LogP contribution in [0, 0.1) is 11.8 Å². The molecule has 1 saturated carbocycles. The minimum atomic E-state index is -0.910. The molecule has 1 heterocycles. The van der Waals surface area contributed by atoms with Gasteiger partial charge in [-0.25, -0.2) is 0 Å². The van der Waals surface area contributed by atoms with E-state index in [0.717, 1.165) is 12.8 Å². The summed E-state index contributed by atoms with van der Waals surface area (Å²) in [5, 5.41) is 9.28. The number of hydrogen-bond acceptors (Lipinski definition) is 4. The fourth-order valence-corrected chi connectivity index (χ4v) is 3.69. The normalized spacial score (nSPS) is 36.4. The SMILES string of the molecule is CCN(C(=O)C1(N)CCCC(C)C1)C1COCC1C(=O)O. The zero-order valence-electron chi connectivity index (χ0n) is 12.9. The summed E-state index contributed by atoms with van der Waals surface area (Å²) in [6, 6.07) is -0.405. The van der Waals surface area contributed by atoms with Crippen LogP contribution in [0.15, 0.2) is 0 Å². The average molecular weight is 298 g/mol. The van der Waals surface area contributed by atoms with Gasteiger partial charge in [0.05, 0.1) is 24.8 Å². The monoisotopic (exact) mass is 298 g/mol. The van der Waals surface area contributed by atoms with Gasteiger partial charge in [-0.2, -0.15) is 0 Å². The summed E-state index contributed by atoms with van der Waals surface area (Å²) in [5.74, 6) is -1.25. The van der Waals surface area contributed by atoms with E-state index in [0.29, 0.717) is 25.3 Å². The highest BCUT2D eigenvalue weighted by molar-refractivity contribution is 5.87. The molecule has 0 spiro atoms. The molecule has 0 aromatic carbocycles. The molecule has 2 aliphatic rings. The van der Waals surface area contributed by atoms with Crippen molar-refractivity contribution in [1.82, 2.24) is 4.90 Å². The van der Waals surface area contributed by atoms with Gasteiger partial charge >= 0.3 is 5.97 Å². The lowest BCUT2D eigenvalue weighted by molar-refractivity contribution is -0.147. The Morgan fingerprint density at radius 2 is 2.14 bits per heavy atom. The number of hydrogen-bond donors (Lipinski definition) is 2. The number of carboxylic acids is 1. The molecule has 2 rings (SSSR count). The zero-order chi connectivity index (χ0) is 15.6. The van der Waals surface area contributed by atoms with E-state index < -0.39 is 23.5 Å². The van der Waals surface area contributed by atoms with Crippen LogP contribution in [0.1, 0.15) is 39.5 Å². The van der Waals surface area contributed by atoms with Crippen molar-refractivity contribution in [2.75, 3.05) is 19.8 Å². The first-order valence-corrected chi connectivity index (χ1v) is 7.79. The van der Waals surface area contributed by atoms with Gasteiger partial charge in [0, 0.05) is 6.54 Å². The summed E-state index contributed by atoms with van der Waals surface area (Å²) in [4.78, 5) is 25.8. The number of likely N-dealkylation sites (N-methyl/N-ethyl adjacent to an activating group) is 1. The van der Waals surface area contributed by atoms with E-state index in [1.165, 1.54) is 0 Å². The molecule has 1 aliphatic heterocycles. The van der Waals surface area contributed by atoms with Crippen LogP contribution in [0.2, 0.25) is 0 Å². The van der Waals surface area contributed by atoms with E-state index in [-0.39, 0.29) is 19.1 Å². The van der Waals surface area contributed by atoms with Crippen molar-refractivity contribution in [3.63, 3.8) is 0 Å². The van der Waals surface area contributed by atoms with Crippen molar-refractivity contribution >= 4 is 11.9 Å². The maximum absolute atomic E-state index is 12.9. The van der Waals surface area contributed by atoms with Gasteiger partial charge in [-0.1, -0.05) is 19.8 Å². The maximum atomic E-state index is 12.9. The van der Waals surface area contributed by atoms with Gasteiger partial charge in [0.15, 0.2) is 0 Å². The molecule has 6 nitrogen and oxygen atoms in total. The predicted octanol–water partition coefficient (Wildman–Crippen LogP) is 0.842. The molecular weight excluding hydrogens is 272 g/mol. The van der Waals surface area contributed by atoms with Crippen molar-refractivity contribution in [2.45, 2.75) is 51.1 Å². The first-order valence-electron chi connectivity index (χ1n) is 7.79. The number of ether oxygens (including phenoxy) is 1. The molecule has 2 fully saturated rings. The van der Waals surface area contributed by atoms with Crippen LogP contribution in [0.25, 0.3) is 0 Å². The largest absolute Gasteiger partial charge is 0.481 e. The van der Waals surface area contributed by atoms with E-state index in [4.69, 9.17) is 10.5 Å². The standard InChI is InChI=1S/C15H26N2O4/c1-3-17(12-9-21-8-11(12)13(18)19)14(20)15(16)6-4-5-10(2)7-15/h10-12H,3-9,16H2,1-2H3,(H,18,19). The van der Waals surface area contributed by atoms with Crippen LogP contribution in [-0.4, -0.2) is 53.2 Å². The van der Waals surface area contributed by atoms with Crippen LogP contribution in [0.3, 0.4) is 0 Å². The Labute approximate surface area is 125 Å². The number of carboxylic acid groups (broad SMARTS) is 1. The van der Waals surface area contributed by atoms with Gasteiger partial charge < -0.3 is 20.5 Å². The summed E-state index contributed by atoms with van der Waals surface area (Å²) in [7, 11) is 0. The van der Waals surface area contributed by atoms with E-state index in [1.54, 1.807) is 4.90 Å². The minimum absolute atomic E-state index is 0.113. The van der Waals surface area contributed by atoms with Crippen LogP contribution >= 0.6 is 0 Å². The molecule has 0 bridgehead atoms. The number of nitrogens with zero attached hydrogens (tertiary/aromatic N) is 1. The molecule has 1 aliphatic carbocycles. The summed E-state index contributed by atoms with van der Waals surface area (Å²) in [6.45, 7) is 4.89. The zero-order valence-corrected chi connectivity index (χ0v) is 12.9. The lowest BCUT2D eigenvalue weighted by Gasteiger charge is -2.41. The smallest absolute Gasteiger partial charge is 0.311 e. The Kier molecular flexibility index (Phi) is 4.88. The van der Waals surface area contributed by atoms with Crippen molar-refractivity contribution < 1.29 is 19.4 Å². The van der Waals surface area contributed by atoms with Crippen molar-refractivity contribution in [2.24, 2.45) is 17.6 Å². The van der Waals surface area contributed by atoms with Gasteiger partial charge in [0.2, 0.25) is 5.91 Å². The van der Waals surface area contributed by atoms with Gasteiger partial charge in [-0.05, 0) is 25.7 Å². The summed E-state index contributed by atoms with van der Waals surface area (Å²) in [6.07, 6.45) is 3.40. The van der Waals surface area contributed by atoms with Crippen molar-refractivity contribution in [1.29, 1.82) is 0 Å². The number of amides is 1. The Hall–Kier alpha value is -1.14. The van der Waals surface area contributed by atoms with Gasteiger partial charge in [0.25, 0.3) is 0 Å². The second-order valence-electron chi connectivity index (χ2n) is 6.50. The number of aliphatic carboxylic acids is 1. The van der Waals surface area contributed by atoms with Crippen molar-refractivity contribution in [3.05, 3.63) is 0 Å². The molecule has 0 aromatic rings. The Morgan fingerprint density at radius 1 is 1.43 bits per heavy atom. The molecule has 120 valence electrons. The number of carbonyl (C=O) groups excluding carboxylic acids is 1. The van der Waals surface area contributed by atoms with Crippen LogP contribution in [0.4, 0.5) is 0 Å². The third-order valence-corrected chi connectivity index (χ3v) is 4.83. The summed E-state index contributed by atoms with van der Waals surface area (Å²) >= 11 is 0. The van der Waals surface area contributed by atoms with Crippen molar-refractivity contribution in [3.8, 4) is 0 Å². The first-order chi connectivity index (χ1) is 9.89. The molecule has 0 radical (unpaired) electrons. The average Bonchev–Trinajstić information content (AvgIpc) is 2.88. The van der Waals surface area contributed by atoms with Crippen LogP contribution < -0.4 is 5.73 Å². The molecular formula is C15H26N2O4. The summed E-state index contributed by atoms with van der Waals surface area (Å²) < 4.78 is 5.29. The highest BCUT2D eigenvalue weighted by Gasteiger charge is 2.46. The fourth-order valence-electron chi connectivity index (χ4n) is 3.69. The quantitative estimate of drug-likeness (QED) is 0.802. The van der Waals surface area contributed by atoms with E-state index in [9.17, 15) is 14.7 Å². The topological polar surface area (TPSA) is 92.9 Å². The predicted molar refractivity (Wildman–Crippen MR) is 77.7 cm³/mol.